The lowest BCUT2D eigenvalue weighted by Gasteiger charge is -2.42. The highest BCUT2D eigenvalue weighted by Gasteiger charge is 2.31. The van der Waals surface area contributed by atoms with Gasteiger partial charge in [-0.05, 0) is 49.9 Å². The van der Waals surface area contributed by atoms with Crippen LogP contribution in [0.25, 0.3) is 10.9 Å². The van der Waals surface area contributed by atoms with Crippen LogP contribution in [0, 0.1) is 5.92 Å². The number of anilines is 1. The molecule has 0 saturated carbocycles. The summed E-state index contributed by atoms with van der Waals surface area (Å²) >= 11 is 0. The second-order valence-electron chi connectivity index (χ2n) is 6.06. The second kappa shape index (κ2) is 5.06. The molecule has 0 amide bonds. The van der Waals surface area contributed by atoms with E-state index >= 15 is 0 Å². The Morgan fingerprint density at radius 2 is 2.05 bits per heavy atom. The van der Waals surface area contributed by atoms with Crippen LogP contribution in [-0.4, -0.2) is 30.7 Å². The van der Waals surface area contributed by atoms with Gasteiger partial charge in [0.25, 0.3) is 0 Å². The summed E-state index contributed by atoms with van der Waals surface area (Å²) in [6.45, 7) is 3.48. The van der Waals surface area contributed by atoms with Crippen molar-refractivity contribution in [1.29, 1.82) is 0 Å². The first kappa shape index (κ1) is 12.2. The molecule has 3 nitrogen and oxygen atoms in total. The van der Waals surface area contributed by atoms with Crippen molar-refractivity contribution in [3.05, 3.63) is 36.4 Å². The predicted octanol–water partition coefficient (Wildman–Crippen LogP) is 2.81. The first-order chi connectivity index (χ1) is 9.90. The van der Waals surface area contributed by atoms with Crippen molar-refractivity contribution in [3.8, 4) is 0 Å². The highest BCUT2D eigenvalue weighted by Crippen LogP contribution is 2.28. The Bertz CT molecular complexity index is 610. The molecule has 4 rings (SSSR count). The molecule has 20 heavy (non-hydrogen) atoms. The lowest BCUT2D eigenvalue weighted by Crippen LogP contribution is -2.52. The SMILES string of the molecule is c1ccc2nc(N3CCC4NCCCC4C3)ccc2c1. The molecular formula is C17H21N3. The fourth-order valence-electron chi connectivity index (χ4n) is 3.68. The molecule has 1 N–H and O–H groups in total. The molecule has 104 valence electrons. The number of benzene rings is 1. The lowest BCUT2D eigenvalue weighted by atomic mass is 9.85. The molecule has 3 heterocycles. The summed E-state index contributed by atoms with van der Waals surface area (Å²) in [4.78, 5) is 7.31. The van der Waals surface area contributed by atoms with Crippen LogP contribution in [0.5, 0.6) is 0 Å². The van der Waals surface area contributed by atoms with E-state index < -0.39 is 0 Å². The minimum Gasteiger partial charge on any atom is -0.356 e. The van der Waals surface area contributed by atoms with Crippen LogP contribution in [0.2, 0.25) is 0 Å². The van der Waals surface area contributed by atoms with Crippen LogP contribution in [0.3, 0.4) is 0 Å². The zero-order valence-corrected chi connectivity index (χ0v) is 11.8. The fourth-order valence-corrected chi connectivity index (χ4v) is 3.68. The number of piperidine rings is 2. The molecule has 0 radical (unpaired) electrons. The minimum absolute atomic E-state index is 0.737. The zero-order chi connectivity index (χ0) is 13.4. The van der Waals surface area contributed by atoms with Gasteiger partial charge in [0.1, 0.15) is 5.82 Å². The van der Waals surface area contributed by atoms with E-state index in [0.717, 1.165) is 36.4 Å². The summed E-state index contributed by atoms with van der Waals surface area (Å²) in [6.07, 6.45) is 3.93. The van der Waals surface area contributed by atoms with E-state index in [1.54, 1.807) is 0 Å². The Labute approximate surface area is 120 Å². The Kier molecular flexibility index (Phi) is 3.07. The zero-order valence-electron chi connectivity index (χ0n) is 11.8. The van der Waals surface area contributed by atoms with E-state index in [1.165, 1.54) is 31.2 Å². The molecular weight excluding hydrogens is 246 g/mol. The molecule has 2 unspecified atom stereocenters. The van der Waals surface area contributed by atoms with E-state index in [1.807, 2.05) is 0 Å². The maximum atomic E-state index is 4.84. The van der Waals surface area contributed by atoms with E-state index in [9.17, 15) is 0 Å². The average Bonchev–Trinajstić information content (AvgIpc) is 2.54. The van der Waals surface area contributed by atoms with Crippen molar-refractivity contribution < 1.29 is 0 Å². The van der Waals surface area contributed by atoms with Gasteiger partial charge in [0.05, 0.1) is 5.52 Å². The van der Waals surface area contributed by atoms with Gasteiger partial charge in [-0.3, -0.25) is 0 Å². The molecule has 2 aliphatic rings. The number of aromatic nitrogens is 1. The molecule has 2 saturated heterocycles. The van der Waals surface area contributed by atoms with Gasteiger partial charge >= 0.3 is 0 Å². The van der Waals surface area contributed by atoms with E-state index in [2.05, 4.69) is 46.6 Å². The number of rotatable bonds is 1. The number of nitrogens with zero attached hydrogens (tertiary/aromatic N) is 2. The van der Waals surface area contributed by atoms with Gasteiger partial charge in [0.15, 0.2) is 0 Å². The van der Waals surface area contributed by atoms with Crippen molar-refractivity contribution in [1.82, 2.24) is 10.3 Å². The van der Waals surface area contributed by atoms with Gasteiger partial charge in [-0.25, -0.2) is 4.98 Å². The third-order valence-corrected chi connectivity index (χ3v) is 4.80. The van der Waals surface area contributed by atoms with Crippen molar-refractivity contribution in [3.63, 3.8) is 0 Å². The number of hydrogen-bond acceptors (Lipinski definition) is 3. The smallest absolute Gasteiger partial charge is 0.129 e. The third-order valence-electron chi connectivity index (χ3n) is 4.80. The van der Waals surface area contributed by atoms with Gasteiger partial charge in [-0.2, -0.15) is 0 Å². The molecule has 2 aromatic rings. The molecule has 0 spiro atoms. The summed E-state index contributed by atoms with van der Waals surface area (Å²) in [5.74, 6) is 1.94. The average molecular weight is 267 g/mol. The van der Waals surface area contributed by atoms with Crippen LogP contribution in [0.4, 0.5) is 5.82 Å². The normalized spacial score (nSPS) is 26.5. The molecule has 0 bridgehead atoms. The van der Waals surface area contributed by atoms with E-state index in [-0.39, 0.29) is 0 Å². The summed E-state index contributed by atoms with van der Waals surface area (Å²) in [7, 11) is 0. The largest absolute Gasteiger partial charge is 0.356 e. The number of fused-ring (bicyclic) bond motifs is 2. The van der Waals surface area contributed by atoms with E-state index in [0.29, 0.717) is 0 Å². The Hall–Kier alpha value is -1.61. The molecule has 3 heteroatoms. The third kappa shape index (κ3) is 2.16. The monoisotopic (exact) mass is 267 g/mol. The van der Waals surface area contributed by atoms with Gasteiger partial charge < -0.3 is 10.2 Å². The first-order valence-corrected chi connectivity index (χ1v) is 7.74. The standard InChI is InChI=1S/C17H21N3/c1-2-6-16-13(4-1)7-8-17(19-16)20-11-9-15-14(12-20)5-3-10-18-15/h1-2,4,6-8,14-15,18H,3,5,9-12H2. The number of pyridine rings is 1. The highest BCUT2D eigenvalue weighted by atomic mass is 15.2. The Morgan fingerprint density at radius 1 is 1.10 bits per heavy atom. The number of hydrogen-bond donors (Lipinski definition) is 1. The molecule has 1 aromatic heterocycles. The predicted molar refractivity (Wildman–Crippen MR) is 83.1 cm³/mol. The first-order valence-electron chi connectivity index (χ1n) is 7.74. The van der Waals surface area contributed by atoms with E-state index in [4.69, 9.17) is 4.98 Å². The lowest BCUT2D eigenvalue weighted by molar-refractivity contribution is 0.244. The summed E-state index contributed by atoms with van der Waals surface area (Å²) in [6, 6.07) is 13.5. The van der Waals surface area contributed by atoms with Crippen LogP contribution < -0.4 is 10.2 Å². The molecule has 2 fully saturated rings. The number of para-hydroxylation sites is 1. The molecule has 2 atom stereocenters. The quantitative estimate of drug-likeness (QED) is 0.861. The topological polar surface area (TPSA) is 28.2 Å². The van der Waals surface area contributed by atoms with Crippen LogP contribution in [0.1, 0.15) is 19.3 Å². The molecule has 0 aliphatic carbocycles. The second-order valence-corrected chi connectivity index (χ2v) is 6.06. The maximum Gasteiger partial charge on any atom is 0.129 e. The Morgan fingerprint density at radius 3 is 3.05 bits per heavy atom. The fraction of sp³-hybridized carbons (Fsp3) is 0.471. The van der Waals surface area contributed by atoms with Crippen LogP contribution >= 0.6 is 0 Å². The Balaban J connectivity index is 1.59. The maximum absolute atomic E-state index is 4.84. The van der Waals surface area contributed by atoms with Crippen molar-refractivity contribution in [2.75, 3.05) is 24.5 Å². The van der Waals surface area contributed by atoms with Crippen LogP contribution in [-0.2, 0) is 0 Å². The van der Waals surface area contributed by atoms with Gasteiger partial charge in [-0.1, -0.05) is 18.2 Å². The summed E-state index contributed by atoms with van der Waals surface area (Å²) in [5, 5.41) is 4.90. The van der Waals surface area contributed by atoms with Gasteiger partial charge in [-0.15, -0.1) is 0 Å². The summed E-state index contributed by atoms with van der Waals surface area (Å²) in [5.41, 5.74) is 1.11. The highest BCUT2D eigenvalue weighted by molar-refractivity contribution is 5.80. The van der Waals surface area contributed by atoms with Crippen molar-refractivity contribution in [2.24, 2.45) is 5.92 Å². The van der Waals surface area contributed by atoms with Crippen molar-refractivity contribution in [2.45, 2.75) is 25.3 Å². The summed E-state index contributed by atoms with van der Waals surface area (Å²) < 4.78 is 0. The van der Waals surface area contributed by atoms with Gasteiger partial charge in [0.2, 0.25) is 0 Å². The molecule has 1 aromatic carbocycles. The molecule has 2 aliphatic heterocycles. The van der Waals surface area contributed by atoms with Crippen molar-refractivity contribution >= 4 is 16.7 Å². The van der Waals surface area contributed by atoms with Gasteiger partial charge in [0, 0.05) is 24.5 Å². The van der Waals surface area contributed by atoms with Crippen LogP contribution in [0.15, 0.2) is 36.4 Å². The number of nitrogens with one attached hydrogen (secondary N) is 1. The minimum atomic E-state index is 0.737.